The molecule has 6 nitrogen and oxygen atoms in total. The molecule has 2 aromatic rings. The minimum Gasteiger partial charge on any atom is -0.454 e. The van der Waals surface area contributed by atoms with Gasteiger partial charge in [0.15, 0.2) is 11.5 Å². The highest BCUT2D eigenvalue weighted by Gasteiger charge is 2.34. The molecule has 1 amide bonds. The van der Waals surface area contributed by atoms with E-state index in [1.54, 1.807) is 6.20 Å². The van der Waals surface area contributed by atoms with Crippen molar-refractivity contribution < 1.29 is 14.3 Å². The van der Waals surface area contributed by atoms with Crippen LogP contribution in [0.2, 0.25) is 0 Å². The summed E-state index contributed by atoms with van der Waals surface area (Å²) in [6, 6.07) is 6.13. The fraction of sp³-hybridized carbons (Fsp3) is 0.476. The Morgan fingerprint density at radius 3 is 2.89 bits per heavy atom. The van der Waals surface area contributed by atoms with Crippen molar-refractivity contribution in [2.45, 2.75) is 40.0 Å². The van der Waals surface area contributed by atoms with Gasteiger partial charge in [0.2, 0.25) is 6.79 Å². The van der Waals surface area contributed by atoms with E-state index >= 15 is 0 Å². The zero-order valence-electron chi connectivity index (χ0n) is 16.1. The van der Waals surface area contributed by atoms with Crippen molar-refractivity contribution in [2.24, 2.45) is 5.41 Å². The first kappa shape index (κ1) is 17.8. The highest BCUT2D eigenvalue weighted by atomic mass is 16.7. The van der Waals surface area contributed by atoms with E-state index in [4.69, 9.17) is 9.47 Å². The average molecular weight is 367 g/mol. The van der Waals surface area contributed by atoms with Crippen molar-refractivity contribution in [3.8, 4) is 11.5 Å². The number of hydrogen-bond donors (Lipinski definition) is 0. The molecule has 3 heterocycles. The van der Waals surface area contributed by atoms with Crippen LogP contribution in [0.25, 0.3) is 0 Å². The lowest BCUT2D eigenvalue weighted by Crippen LogP contribution is -2.46. The number of nitrogens with zero attached hydrogens (tertiary/aromatic N) is 3. The van der Waals surface area contributed by atoms with E-state index in [0.717, 1.165) is 49.5 Å². The van der Waals surface area contributed by atoms with Crippen LogP contribution in [-0.4, -0.2) is 40.7 Å². The van der Waals surface area contributed by atoms with E-state index in [-0.39, 0.29) is 18.1 Å². The third-order valence-electron chi connectivity index (χ3n) is 5.47. The van der Waals surface area contributed by atoms with Gasteiger partial charge < -0.3 is 14.4 Å². The number of fused-ring (bicyclic) bond motifs is 1. The first-order chi connectivity index (χ1) is 12.9. The Kier molecular flexibility index (Phi) is 4.50. The summed E-state index contributed by atoms with van der Waals surface area (Å²) >= 11 is 0. The lowest BCUT2D eigenvalue weighted by molar-refractivity contribution is 0.0549. The maximum absolute atomic E-state index is 13.0. The molecule has 0 saturated carbocycles. The molecular formula is C21H25N3O3. The van der Waals surface area contributed by atoms with Crippen LogP contribution >= 0.6 is 0 Å². The van der Waals surface area contributed by atoms with Crippen LogP contribution in [0, 0.1) is 19.3 Å². The fourth-order valence-electron chi connectivity index (χ4n) is 4.14. The van der Waals surface area contributed by atoms with E-state index in [1.165, 1.54) is 5.56 Å². The molecule has 1 atom stereocenters. The summed E-state index contributed by atoms with van der Waals surface area (Å²) in [5.74, 6) is 2.34. The largest absolute Gasteiger partial charge is 0.454 e. The predicted octanol–water partition coefficient (Wildman–Crippen LogP) is 3.31. The topological polar surface area (TPSA) is 64.6 Å². The maximum Gasteiger partial charge on any atom is 0.257 e. The van der Waals surface area contributed by atoms with Crippen molar-refractivity contribution in [2.75, 3.05) is 19.9 Å². The van der Waals surface area contributed by atoms with Crippen molar-refractivity contribution >= 4 is 5.91 Å². The zero-order chi connectivity index (χ0) is 19.0. The Bertz CT molecular complexity index is 883. The molecule has 142 valence electrons. The summed E-state index contributed by atoms with van der Waals surface area (Å²) in [5, 5.41) is 0. The van der Waals surface area contributed by atoms with Gasteiger partial charge in [-0.05, 0) is 56.2 Å². The SMILES string of the molecule is Cc1ncc(C(=O)N2CCC[C@](C)(Cc3ccc4c(c3)OCO4)C2)c(C)n1. The van der Waals surface area contributed by atoms with Gasteiger partial charge in [-0.15, -0.1) is 0 Å². The summed E-state index contributed by atoms with van der Waals surface area (Å²) in [4.78, 5) is 23.5. The van der Waals surface area contributed by atoms with Gasteiger partial charge in [-0.3, -0.25) is 4.79 Å². The minimum atomic E-state index is 0.0288. The molecule has 27 heavy (non-hydrogen) atoms. The number of ether oxygens (including phenoxy) is 2. The van der Waals surface area contributed by atoms with E-state index < -0.39 is 0 Å². The molecule has 1 saturated heterocycles. The van der Waals surface area contributed by atoms with Crippen LogP contribution in [0.5, 0.6) is 11.5 Å². The number of carbonyl (C=O) groups excluding carboxylic acids is 1. The van der Waals surface area contributed by atoms with E-state index in [1.807, 2.05) is 24.8 Å². The number of piperidine rings is 1. The number of likely N-dealkylation sites (tertiary alicyclic amines) is 1. The maximum atomic E-state index is 13.0. The Hall–Kier alpha value is -2.63. The van der Waals surface area contributed by atoms with Crippen LogP contribution in [0.4, 0.5) is 0 Å². The smallest absolute Gasteiger partial charge is 0.257 e. The zero-order valence-corrected chi connectivity index (χ0v) is 16.1. The Morgan fingerprint density at radius 1 is 1.26 bits per heavy atom. The molecule has 1 fully saturated rings. The van der Waals surface area contributed by atoms with Gasteiger partial charge in [-0.25, -0.2) is 9.97 Å². The van der Waals surface area contributed by atoms with Gasteiger partial charge in [0.25, 0.3) is 5.91 Å². The number of amides is 1. The number of hydrogen-bond acceptors (Lipinski definition) is 5. The van der Waals surface area contributed by atoms with Gasteiger partial charge in [-0.2, -0.15) is 0 Å². The van der Waals surface area contributed by atoms with Gasteiger partial charge in [0.1, 0.15) is 5.82 Å². The summed E-state index contributed by atoms with van der Waals surface area (Å²) < 4.78 is 10.9. The third-order valence-corrected chi connectivity index (χ3v) is 5.47. The molecule has 0 radical (unpaired) electrons. The first-order valence-corrected chi connectivity index (χ1v) is 9.42. The Labute approximate surface area is 159 Å². The normalized spacial score (nSPS) is 21.4. The van der Waals surface area contributed by atoms with E-state index in [2.05, 4.69) is 29.0 Å². The minimum absolute atomic E-state index is 0.0288. The summed E-state index contributed by atoms with van der Waals surface area (Å²) in [6.45, 7) is 7.77. The van der Waals surface area contributed by atoms with Crippen LogP contribution < -0.4 is 9.47 Å². The number of benzene rings is 1. The Balaban J connectivity index is 1.50. The Morgan fingerprint density at radius 2 is 2.07 bits per heavy atom. The number of carbonyl (C=O) groups is 1. The molecule has 0 aliphatic carbocycles. The van der Waals surface area contributed by atoms with Crippen LogP contribution in [0.15, 0.2) is 24.4 Å². The standard InChI is InChI=1S/C21H25N3O3/c1-14-17(11-22-15(2)23-14)20(25)24-8-4-7-21(3,12-24)10-16-5-6-18-19(9-16)27-13-26-18/h5-6,9,11H,4,7-8,10,12-13H2,1-3H3/t21-/m1/s1. The first-order valence-electron chi connectivity index (χ1n) is 9.42. The molecule has 0 spiro atoms. The van der Waals surface area contributed by atoms with Crippen molar-refractivity contribution in [3.05, 3.63) is 47.0 Å². The summed E-state index contributed by atoms with van der Waals surface area (Å²) in [7, 11) is 0. The second kappa shape index (κ2) is 6.83. The van der Waals surface area contributed by atoms with Crippen LogP contribution in [0.1, 0.15) is 47.2 Å². The summed E-state index contributed by atoms with van der Waals surface area (Å²) in [5.41, 5.74) is 2.59. The molecule has 2 aliphatic heterocycles. The number of rotatable bonds is 3. The molecular weight excluding hydrogens is 342 g/mol. The predicted molar refractivity (Wildman–Crippen MR) is 101 cm³/mol. The fourth-order valence-corrected chi connectivity index (χ4v) is 4.14. The molecule has 1 aromatic heterocycles. The van der Waals surface area contributed by atoms with Gasteiger partial charge in [0.05, 0.1) is 11.3 Å². The van der Waals surface area contributed by atoms with E-state index in [0.29, 0.717) is 11.4 Å². The summed E-state index contributed by atoms with van der Waals surface area (Å²) in [6.07, 6.45) is 4.65. The molecule has 4 rings (SSSR count). The molecule has 1 aromatic carbocycles. The van der Waals surface area contributed by atoms with Gasteiger partial charge in [0, 0.05) is 19.3 Å². The van der Waals surface area contributed by atoms with Gasteiger partial charge >= 0.3 is 0 Å². The van der Waals surface area contributed by atoms with Gasteiger partial charge in [-0.1, -0.05) is 13.0 Å². The van der Waals surface area contributed by atoms with Crippen LogP contribution in [0.3, 0.4) is 0 Å². The number of aromatic nitrogens is 2. The molecule has 0 unspecified atom stereocenters. The van der Waals surface area contributed by atoms with Crippen LogP contribution in [-0.2, 0) is 6.42 Å². The highest BCUT2D eigenvalue weighted by Crippen LogP contribution is 2.37. The molecule has 2 aliphatic rings. The lowest BCUT2D eigenvalue weighted by Gasteiger charge is -2.41. The molecule has 6 heteroatoms. The second-order valence-corrected chi connectivity index (χ2v) is 7.92. The lowest BCUT2D eigenvalue weighted by atomic mass is 9.76. The molecule has 0 N–H and O–H groups in total. The number of aryl methyl sites for hydroxylation is 2. The molecule has 0 bridgehead atoms. The monoisotopic (exact) mass is 367 g/mol. The average Bonchev–Trinajstić information content (AvgIpc) is 3.08. The van der Waals surface area contributed by atoms with Crippen molar-refractivity contribution in [3.63, 3.8) is 0 Å². The van der Waals surface area contributed by atoms with Crippen molar-refractivity contribution in [1.29, 1.82) is 0 Å². The second-order valence-electron chi connectivity index (χ2n) is 7.92. The highest BCUT2D eigenvalue weighted by molar-refractivity contribution is 5.95. The quantitative estimate of drug-likeness (QED) is 0.833. The van der Waals surface area contributed by atoms with E-state index in [9.17, 15) is 4.79 Å². The van der Waals surface area contributed by atoms with Crippen molar-refractivity contribution in [1.82, 2.24) is 14.9 Å². The third kappa shape index (κ3) is 3.61.